The van der Waals surface area contributed by atoms with Crippen LogP contribution in [0.1, 0.15) is 12.0 Å². The molecule has 2 rings (SSSR count). The lowest BCUT2D eigenvalue weighted by Gasteiger charge is -2.34. The maximum Gasteiger partial charge on any atom is 0.165 e. The number of rotatable bonds is 1. The van der Waals surface area contributed by atoms with Crippen molar-refractivity contribution in [3.8, 4) is 5.75 Å². The Hall–Kier alpha value is -1.13. The number of fused-ring (bicyclic) bond motifs is 1. The lowest BCUT2D eigenvalue weighted by Crippen LogP contribution is -2.47. The van der Waals surface area contributed by atoms with Gasteiger partial charge in [-0.2, -0.15) is 0 Å². The molecule has 1 unspecified atom stereocenters. The Morgan fingerprint density at radius 2 is 2.29 bits per heavy atom. The van der Waals surface area contributed by atoms with Crippen LogP contribution in [0.25, 0.3) is 0 Å². The van der Waals surface area contributed by atoms with Gasteiger partial charge >= 0.3 is 0 Å². The van der Waals surface area contributed by atoms with E-state index in [0.717, 1.165) is 0 Å². The van der Waals surface area contributed by atoms with Crippen LogP contribution in [0.4, 0.5) is 4.39 Å². The van der Waals surface area contributed by atoms with E-state index in [0.29, 0.717) is 25.1 Å². The van der Waals surface area contributed by atoms with Crippen molar-refractivity contribution in [2.24, 2.45) is 11.5 Å². The molecule has 3 nitrogen and oxygen atoms in total. The molecule has 1 aliphatic heterocycles. The third-order valence-electron chi connectivity index (χ3n) is 2.66. The number of para-hydroxylation sites is 1. The molecule has 0 saturated heterocycles. The van der Waals surface area contributed by atoms with Crippen LogP contribution in [0.5, 0.6) is 5.75 Å². The summed E-state index contributed by atoms with van der Waals surface area (Å²) >= 11 is 0. The number of hydrogen-bond donors (Lipinski definition) is 2. The second-order valence-electron chi connectivity index (χ2n) is 3.58. The first-order valence-electron chi connectivity index (χ1n) is 4.58. The first-order valence-corrected chi connectivity index (χ1v) is 4.58. The van der Waals surface area contributed by atoms with Crippen LogP contribution >= 0.6 is 0 Å². The molecule has 4 heteroatoms. The Balaban J connectivity index is 2.55. The van der Waals surface area contributed by atoms with Crippen LogP contribution in [0.3, 0.4) is 0 Å². The minimum absolute atomic E-state index is 0.256. The standard InChI is InChI=1S/C10H13FN2O/c11-8-3-1-2-7-9(8)14-5-4-10(7,13)6-12/h1-3H,4-6,12-13H2. The van der Waals surface area contributed by atoms with E-state index < -0.39 is 5.54 Å². The summed E-state index contributed by atoms with van der Waals surface area (Å²) in [5, 5.41) is 0. The van der Waals surface area contributed by atoms with Crippen molar-refractivity contribution in [1.29, 1.82) is 0 Å². The zero-order valence-corrected chi connectivity index (χ0v) is 7.79. The van der Waals surface area contributed by atoms with Gasteiger partial charge in [-0.1, -0.05) is 12.1 Å². The normalized spacial score (nSPS) is 25.4. The molecular weight excluding hydrogens is 183 g/mol. The van der Waals surface area contributed by atoms with Gasteiger partial charge < -0.3 is 16.2 Å². The maximum atomic E-state index is 13.3. The van der Waals surface area contributed by atoms with E-state index in [2.05, 4.69) is 0 Å². The van der Waals surface area contributed by atoms with Crippen LogP contribution in [-0.2, 0) is 5.54 Å². The molecule has 1 atom stereocenters. The van der Waals surface area contributed by atoms with Gasteiger partial charge in [-0.15, -0.1) is 0 Å². The fourth-order valence-corrected chi connectivity index (χ4v) is 1.73. The summed E-state index contributed by atoms with van der Waals surface area (Å²) in [6, 6.07) is 4.76. The molecule has 1 aromatic rings. The highest BCUT2D eigenvalue weighted by Crippen LogP contribution is 2.36. The number of ether oxygens (including phenoxy) is 1. The van der Waals surface area contributed by atoms with E-state index in [9.17, 15) is 4.39 Å². The molecule has 0 bridgehead atoms. The van der Waals surface area contributed by atoms with Gasteiger partial charge in [0.25, 0.3) is 0 Å². The monoisotopic (exact) mass is 196 g/mol. The maximum absolute atomic E-state index is 13.3. The highest BCUT2D eigenvalue weighted by Gasteiger charge is 2.33. The fourth-order valence-electron chi connectivity index (χ4n) is 1.73. The van der Waals surface area contributed by atoms with E-state index >= 15 is 0 Å². The summed E-state index contributed by atoms with van der Waals surface area (Å²) in [4.78, 5) is 0. The third kappa shape index (κ3) is 1.27. The Labute approximate surface area is 81.8 Å². The average molecular weight is 196 g/mol. The summed E-state index contributed by atoms with van der Waals surface area (Å²) in [5.41, 5.74) is 11.7. The van der Waals surface area contributed by atoms with Crippen molar-refractivity contribution < 1.29 is 9.13 Å². The third-order valence-corrected chi connectivity index (χ3v) is 2.66. The molecule has 14 heavy (non-hydrogen) atoms. The molecule has 1 heterocycles. The summed E-state index contributed by atoms with van der Waals surface area (Å²) in [6.07, 6.45) is 0.625. The van der Waals surface area contributed by atoms with E-state index in [1.807, 2.05) is 0 Å². The minimum atomic E-state index is -0.643. The lowest BCUT2D eigenvalue weighted by atomic mass is 9.85. The fraction of sp³-hybridized carbons (Fsp3) is 0.400. The van der Waals surface area contributed by atoms with Crippen molar-refractivity contribution >= 4 is 0 Å². The van der Waals surface area contributed by atoms with Gasteiger partial charge in [0.1, 0.15) is 0 Å². The number of nitrogens with two attached hydrogens (primary N) is 2. The van der Waals surface area contributed by atoms with Crippen LogP contribution in [-0.4, -0.2) is 13.2 Å². The van der Waals surface area contributed by atoms with Crippen molar-refractivity contribution in [2.75, 3.05) is 13.2 Å². The molecular formula is C10H13FN2O. The summed E-state index contributed by atoms with van der Waals surface area (Å²) in [7, 11) is 0. The highest BCUT2D eigenvalue weighted by atomic mass is 19.1. The molecule has 76 valence electrons. The van der Waals surface area contributed by atoms with Crippen LogP contribution in [0, 0.1) is 5.82 Å². The van der Waals surface area contributed by atoms with Crippen molar-refractivity contribution in [3.05, 3.63) is 29.6 Å². The Bertz CT molecular complexity index is 356. The zero-order chi connectivity index (χ0) is 10.2. The van der Waals surface area contributed by atoms with Gasteiger partial charge in [0.05, 0.1) is 12.1 Å². The smallest absolute Gasteiger partial charge is 0.165 e. The predicted octanol–water partition coefficient (Wildman–Crippen LogP) is 0.721. The molecule has 1 aliphatic rings. The summed E-state index contributed by atoms with van der Waals surface area (Å²) in [5.74, 6) is -0.114. The van der Waals surface area contributed by atoms with Crippen LogP contribution in [0.15, 0.2) is 18.2 Å². The Kier molecular flexibility index (Phi) is 2.17. The lowest BCUT2D eigenvalue weighted by molar-refractivity contribution is 0.210. The van der Waals surface area contributed by atoms with Gasteiger partial charge in [0.2, 0.25) is 0 Å². The number of halogens is 1. The second kappa shape index (κ2) is 3.22. The van der Waals surface area contributed by atoms with Gasteiger partial charge in [-0.25, -0.2) is 4.39 Å². The summed E-state index contributed by atoms with van der Waals surface area (Å²) < 4.78 is 18.6. The van der Waals surface area contributed by atoms with Crippen molar-refractivity contribution in [2.45, 2.75) is 12.0 Å². The zero-order valence-electron chi connectivity index (χ0n) is 7.79. The number of benzene rings is 1. The highest BCUT2D eigenvalue weighted by molar-refractivity contribution is 5.42. The SMILES string of the molecule is NCC1(N)CCOc2c(F)cccc21. The Morgan fingerprint density at radius 1 is 1.50 bits per heavy atom. The number of hydrogen-bond acceptors (Lipinski definition) is 3. The van der Waals surface area contributed by atoms with Gasteiger partial charge in [0.15, 0.2) is 11.6 Å². The Morgan fingerprint density at radius 3 is 3.00 bits per heavy atom. The van der Waals surface area contributed by atoms with Crippen molar-refractivity contribution in [1.82, 2.24) is 0 Å². The molecule has 0 aliphatic carbocycles. The van der Waals surface area contributed by atoms with Gasteiger partial charge in [-0.05, 0) is 6.07 Å². The molecule has 1 aromatic carbocycles. The topological polar surface area (TPSA) is 61.3 Å². The van der Waals surface area contributed by atoms with Crippen LogP contribution in [0.2, 0.25) is 0 Å². The van der Waals surface area contributed by atoms with Crippen LogP contribution < -0.4 is 16.2 Å². The molecule has 0 saturated carbocycles. The van der Waals surface area contributed by atoms with E-state index in [1.165, 1.54) is 6.07 Å². The van der Waals surface area contributed by atoms with E-state index in [1.54, 1.807) is 12.1 Å². The van der Waals surface area contributed by atoms with Gasteiger partial charge in [-0.3, -0.25) is 0 Å². The second-order valence-corrected chi connectivity index (χ2v) is 3.58. The van der Waals surface area contributed by atoms with E-state index in [-0.39, 0.29) is 11.6 Å². The van der Waals surface area contributed by atoms with E-state index in [4.69, 9.17) is 16.2 Å². The first kappa shape index (κ1) is 9.43. The molecule has 4 N–H and O–H groups in total. The largest absolute Gasteiger partial charge is 0.490 e. The molecule has 0 radical (unpaired) electrons. The quantitative estimate of drug-likeness (QED) is 0.695. The average Bonchev–Trinajstić information content (AvgIpc) is 2.20. The molecule has 0 amide bonds. The molecule has 0 spiro atoms. The minimum Gasteiger partial charge on any atom is -0.490 e. The predicted molar refractivity (Wildman–Crippen MR) is 51.4 cm³/mol. The summed E-state index contributed by atoms with van der Waals surface area (Å²) in [6.45, 7) is 0.717. The van der Waals surface area contributed by atoms with Crippen molar-refractivity contribution in [3.63, 3.8) is 0 Å². The van der Waals surface area contributed by atoms with Gasteiger partial charge in [0, 0.05) is 18.5 Å². The molecule has 0 aromatic heterocycles. The first-order chi connectivity index (χ1) is 6.67. The molecule has 0 fully saturated rings.